The number of carbonyl (C=O) groups is 2. The predicted octanol–water partition coefficient (Wildman–Crippen LogP) is 3.28. The highest BCUT2D eigenvalue weighted by molar-refractivity contribution is 7.89. The standard InChI is InChI=1S/C23H29N3O5S2/c1-31-18-11-10-17(15-21(18)33(29,30)26-12-6-7-13-26)22(27)24-25-23(28)20-14-16-8-4-2-3-5-9-19(16)32-20/h10-11,14-15H,2-9,12-13H2,1H3,(H,24,27)(H,25,28). The Bertz CT molecular complexity index is 1110. The minimum atomic E-state index is -3.78. The number of thiophene rings is 1. The van der Waals surface area contributed by atoms with Gasteiger partial charge in [-0.05, 0) is 68.4 Å². The lowest BCUT2D eigenvalue weighted by Crippen LogP contribution is -2.41. The van der Waals surface area contributed by atoms with Gasteiger partial charge in [-0.1, -0.05) is 12.8 Å². The van der Waals surface area contributed by atoms with Crippen LogP contribution in [0.4, 0.5) is 0 Å². The van der Waals surface area contributed by atoms with Gasteiger partial charge < -0.3 is 4.74 Å². The predicted molar refractivity (Wildman–Crippen MR) is 126 cm³/mol. The molecule has 0 unspecified atom stereocenters. The van der Waals surface area contributed by atoms with Crippen molar-refractivity contribution in [2.75, 3.05) is 20.2 Å². The fraction of sp³-hybridized carbons (Fsp3) is 0.478. The maximum absolute atomic E-state index is 13.0. The van der Waals surface area contributed by atoms with Gasteiger partial charge >= 0.3 is 0 Å². The number of hydrogen-bond acceptors (Lipinski definition) is 6. The number of aryl methyl sites for hydroxylation is 2. The number of sulfonamides is 1. The molecule has 33 heavy (non-hydrogen) atoms. The van der Waals surface area contributed by atoms with Crippen molar-refractivity contribution in [1.29, 1.82) is 0 Å². The Morgan fingerprint density at radius 2 is 1.64 bits per heavy atom. The van der Waals surface area contributed by atoms with E-state index in [0.717, 1.165) is 38.5 Å². The van der Waals surface area contributed by atoms with Gasteiger partial charge in [-0.3, -0.25) is 20.4 Å². The Balaban J connectivity index is 1.46. The summed E-state index contributed by atoms with van der Waals surface area (Å²) in [6.07, 6.45) is 8.26. The molecule has 1 aromatic carbocycles. The molecule has 2 aliphatic rings. The Labute approximate surface area is 198 Å². The van der Waals surface area contributed by atoms with Crippen molar-refractivity contribution in [3.05, 3.63) is 45.1 Å². The van der Waals surface area contributed by atoms with E-state index in [4.69, 9.17) is 4.74 Å². The number of benzene rings is 1. The molecule has 2 N–H and O–H groups in total. The smallest absolute Gasteiger partial charge is 0.279 e. The van der Waals surface area contributed by atoms with Crippen molar-refractivity contribution >= 4 is 33.2 Å². The van der Waals surface area contributed by atoms with Gasteiger partial charge in [0.05, 0.1) is 12.0 Å². The van der Waals surface area contributed by atoms with Crippen molar-refractivity contribution in [1.82, 2.24) is 15.2 Å². The molecule has 8 nitrogen and oxygen atoms in total. The number of ether oxygens (including phenoxy) is 1. The molecular weight excluding hydrogens is 462 g/mol. The summed E-state index contributed by atoms with van der Waals surface area (Å²) in [5, 5.41) is 0. The molecule has 2 heterocycles. The van der Waals surface area contributed by atoms with E-state index >= 15 is 0 Å². The number of carbonyl (C=O) groups excluding carboxylic acids is 2. The van der Waals surface area contributed by atoms with E-state index in [1.54, 1.807) is 0 Å². The third-order valence-electron chi connectivity index (χ3n) is 6.12. The van der Waals surface area contributed by atoms with Gasteiger partial charge in [-0.15, -0.1) is 11.3 Å². The van der Waals surface area contributed by atoms with Crippen molar-refractivity contribution in [3.8, 4) is 5.75 Å². The lowest BCUT2D eigenvalue weighted by atomic mass is 10.00. The first-order chi connectivity index (χ1) is 15.9. The summed E-state index contributed by atoms with van der Waals surface area (Å²) in [6, 6.07) is 6.14. The zero-order chi connectivity index (χ0) is 23.4. The first-order valence-corrected chi connectivity index (χ1v) is 13.6. The second-order valence-corrected chi connectivity index (χ2v) is 11.4. The van der Waals surface area contributed by atoms with E-state index in [1.807, 2.05) is 6.07 Å². The molecule has 1 fully saturated rings. The Kier molecular flexibility index (Phi) is 7.35. The molecule has 0 saturated carbocycles. The lowest BCUT2D eigenvalue weighted by Gasteiger charge is -2.18. The molecule has 1 aliphatic heterocycles. The highest BCUT2D eigenvalue weighted by Gasteiger charge is 2.30. The number of nitrogens with one attached hydrogen (secondary N) is 2. The molecule has 178 valence electrons. The molecule has 0 atom stereocenters. The lowest BCUT2D eigenvalue weighted by molar-refractivity contribution is 0.0848. The minimum Gasteiger partial charge on any atom is -0.495 e. The quantitative estimate of drug-likeness (QED) is 0.625. The van der Waals surface area contributed by atoms with E-state index in [2.05, 4.69) is 10.9 Å². The summed E-state index contributed by atoms with van der Waals surface area (Å²) in [6.45, 7) is 0.894. The molecule has 0 bridgehead atoms. The first-order valence-electron chi connectivity index (χ1n) is 11.3. The molecule has 0 spiro atoms. The fourth-order valence-corrected chi connectivity index (χ4v) is 7.14. The Morgan fingerprint density at radius 1 is 0.939 bits per heavy atom. The number of hydrazine groups is 1. The molecular formula is C23H29N3O5S2. The highest BCUT2D eigenvalue weighted by Crippen LogP contribution is 2.30. The van der Waals surface area contributed by atoms with Crippen LogP contribution in [0, 0.1) is 0 Å². The van der Waals surface area contributed by atoms with Gasteiger partial charge in [0.2, 0.25) is 10.0 Å². The summed E-state index contributed by atoms with van der Waals surface area (Å²) >= 11 is 1.47. The van der Waals surface area contributed by atoms with Crippen molar-refractivity contribution in [2.24, 2.45) is 0 Å². The zero-order valence-corrected chi connectivity index (χ0v) is 20.3. The maximum atomic E-state index is 13.0. The van der Waals surface area contributed by atoms with Crippen molar-refractivity contribution in [3.63, 3.8) is 0 Å². The van der Waals surface area contributed by atoms with Gasteiger partial charge in [0.1, 0.15) is 10.6 Å². The summed E-state index contributed by atoms with van der Waals surface area (Å²) in [5.74, 6) is -0.796. The van der Waals surface area contributed by atoms with Gasteiger partial charge in [0.15, 0.2) is 0 Å². The second-order valence-electron chi connectivity index (χ2n) is 8.36. The monoisotopic (exact) mass is 491 g/mol. The average Bonchev–Trinajstić information content (AvgIpc) is 3.48. The Hall–Kier alpha value is -2.43. The normalized spacial score (nSPS) is 17.0. The van der Waals surface area contributed by atoms with Gasteiger partial charge in [0.25, 0.3) is 11.8 Å². The minimum absolute atomic E-state index is 0.0519. The van der Waals surface area contributed by atoms with E-state index in [1.165, 1.54) is 64.2 Å². The van der Waals surface area contributed by atoms with Crippen LogP contribution in [0.1, 0.15) is 69.0 Å². The molecule has 2 amide bonds. The molecule has 4 rings (SSSR count). The van der Waals surface area contributed by atoms with E-state index in [0.29, 0.717) is 18.0 Å². The van der Waals surface area contributed by atoms with Crippen molar-refractivity contribution in [2.45, 2.75) is 56.3 Å². The topological polar surface area (TPSA) is 105 Å². The van der Waals surface area contributed by atoms with Crippen molar-refractivity contribution < 1.29 is 22.7 Å². The van der Waals surface area contributed by atoms with Gasteiger partial charge in [-0.25, -0.2) is 8.42 Å². The van der Waals surface area contributed by atoms with Crippen LogP contribution >= 0.6 is 11.3 Å². The van der Waals surface area contributed by atoms with E-state index < -0.39 is 15.9 Å². The van der Waals surface area contributed by atoms with Crippen LogP contribution in [0.15, 0.2) is 29.2 Å². The number of rotatable bonds is 5. The van der Waals surface area contributed by atoms with Crippen LogP contribution in [-0.2, 0) is 22.9 Å². The number of hydrogen-bond donors (Lipinski definition) is 2. The van der Waals surface area contributed by atoms with Crippen LogP contribution < -0.4 is 15.6 Å². The summed E-state index contributed by atoms with van der Waals surface area (Å²) in [5.41, 5.74) is 6.21. The van der Waals surface area contributed by atoms with Gasteiger partial charge in [-0.2, -0.15) is 4.31 Å². The summed E-state index contributed by atoms with van der Waals surface area (Å²) < 4.78 is 32.7. The fourth-order valence-electron chi connectivity index (χ4n) is 4.29. The van der Waals surface area contributed by atoms with Crippen LogP contribution in [-0.4, -0.2) is 44.7 Å². The molecule has 0 radical (unpaired) electrons. The number of amides is 2. The van der Waals surface area contributed by atoms with Crippen LogP contribution in [0.3, 0.4) is 0 Å². The third-order valence-corrected chi connectivity index (χ3v) is 9.27. The van der Waals surface area contributed by atoms with Crippen LogP contribution in [0.5, 0.6) is 5.75 Å². The summed E-state index contributed by atoms with van der Waals surface area (Å²) in [4.78, 5) is 27.1. The highest BCUT2D eigenvalue weighted by atomic mass is 32.2. The largest absolute Gasteiger partial charge is 0.495 e. The zero-order valence-electron chi connectivity index (χ0n) is 18.7. The molecule has 1 aliphatic carbocycles. The molecule has 2 aromatic rings. The number of nitrogens with zero attached hydrogens (tertiary/aromatic N) is 1. The van der Waals surface area contributed by atoms with Crippen LogP contribution in [0.2, 0.25) is 0 Å². The molecule has 1 saturated heterocycles. The van der Waals surface area contributed by atoms with Crippen LogP contribution in [0.25, 0.3) is 0 Å². The summed E-state index contributed by atoms with van der Waals surface area (Å²) in [7, 11) is -2.39. The third kappa shape index (κ3) is 5.23. The first kappa shape index (κ1) is 23.7. The molecule has 1 aromatic heterocycles. The number of methoxy groups -OCH3 is 1. The SMILES string of the molecule is COc1ccc(C(=O)NNC(=O)c2cc3c(s2)CCCCCC3)cc1S(=O)(=O)N1CCCC1. The molecule has 10 heteroatoms. The maximum Gasteiger partial charge on any atom is 0.279 e. The van der Waals surface area contributed by atoms with E-state index in [-0.39, 0.29) is 22.1 Å². The second kappa shape index (κ2) is 10.2. The van der Waals surface area contributed by atoms with Gasteiger partial charge in [0, 0.05) is 23.5 Å². The average molecular weight is 492 g/mol. The van der Waals surface area contributed by atoms with E-state index in [9.17, 15) is 18.0 Å². The number of fused-ring (bicyclic) bond motifs is 1. The Morgan fingerprint density at radius 3 is 2.36 bits per heavy atom.